The van der Waals surface area contributed by atoms with Gasteiger partial charge in [-0.2, -0.15) is 0 Å². The summed E-state index contributed by atoms with van der Waals surface area (Å²) in [6, 6.07) is 5.29. The Hall–Kier alpha value is -0.770. The Labute approximate surface area is 107 Å². The maximum atomic E-state index is 9.75. The normalized spacial score (nSPS) is 25.9. The molecule has 17 heavy (non-hydrogen) atoms. The van der Waals surface area contributed by atoms with Crippen LogP contribution in [-0.4, -0.2) is 17.3 Å². The molecular formula is C13H18ClNO2. The number of halogens is 1. The van der Waals surface area contributed by atoms with E-state index >= 15 is 0 Å². The highest BCUT2D eigenvalue weighted by Gasteiger charge is 2.27. The first-order valence-electron chi connectivity index (χ1n) is 5.97. The molecule has 0 heterocycles. The molecule has 0 bridgehead atoms. The Bertz CT molecular complexity index is 395. The van der Waals surface area contributed by atoms with Gasteiger partial charge in [-0.1, -0.05) is 11.6 Å². The zero-order valence-corrected chi connectivity index (χ0v) is 10.7. The van der Waals surface area contributed by atoms with Crippen LogP contribution >= 0.6 is 11.6 Å². The lowest BCUT2D eigenvalue weighted by Crippen LogP contribution is -2.26. The second-order valence-electron chi connectivity index (χ2n) is 4.63. The molecule has 1 aromatic rings. The first-order valence-corrected chi connectivity index (χ1v) is 6.35. The van der Waals surface area contributed by atoms with Crippen LogP contribution in [0.1, 0.15) is 37.8 Å². The van der Waals surface area contributed by atoms with Crippen LogP contribution in [0, 0.1) is 0 Å². The van der Waals surface area contributed by atoms with Crippen molar-refractivity contribution in [1.29, 1.82) is 0 Å². The van der Waals surface area contributed by atoms with E-state index in [0.717, 1.165) is 30.6 Å². The third-order valence-electron chi connectivity index (χ3n) is 3.16. The molecule has 0 amide bonds. The van der Waals surface area contributed by atoms with Crippen LogP contribution in [0.4, 0.5) is 0 Å². The highest BCUT2D eigenvalue weighted by Crippen LogP contribution is 2.31. The minimum Gasteiger partial charge on any atom is -0.487 e. The van der Waals surface area contributed by atoms with E-state index in [1.54, 1.807) is 6.07 Å². The van der Waals surface area contributed by atoms with Gasteiger partial charge in [0, 0.05) is 16.6 Å². The van der Waals surface area contributed by atoms with Gasteiger partial charge in [0.05, 0.1) is 6.10 Å². The van der Waals surface area contributed by atoms with Gasteiger partial charge < -0.3 is 15.6 Å². The van der Waals surface area contributed by atoms with Gasteiger partial charge in [0.25, 0.3) is 0 Å². The SMILES string of the molecule is C[C@H](N)c1cc(Cl)ccc1OC1CCCC1O. The molecule has 1 saturated carbocycles. The van der Waals surface area contributed by atoms with E-state index < -0.39 is 0 Å². The molecule has 94 valence electrons. The molecule has 1 aliphatic rings. The van der Waals surface area contributed by atoms with Gasteiger partial charge in [-0.3, -0.25) is 0 Å². The van der Waals surface area contributed by atoms with Crippen molar-refractivity contribution in [2.24, 2.45) is 5.73 Å². The molecule has 1 fully saturated rings. The molecule has 3 nitrogen and oxygen atoms in total. The molecule has 1 aliphatic carbocycles. The Morgan fingerprint density at radius 1 is 1.47 bits per heavy atom. The summed E-state index contributed by atoms with van der Waals surface area (Å²) in [6.45, 7) is 1.89. The molecule has 0 radical (unpaired) electrons. The van der Waals surface area contributed by atoms with Gasteiger partial charge in [-0.05, 0) is 44.4 Å². The van der Waals surface area contributed by atoms with E-state index in [9.17, 15) is 5.11 Å². The van der Waals surface area contributed by atoms with E-state index in [0.29, 0.717) is 5.02 Å². The van der Waals surface area contributed by atoms with Gasteiger partial charge in [0.1, 0.15) is 11.9 Å². The summed E-state index contributed by atoms with van der Waals surface area (Å²) in [5, 5.41) is 10.4. The third-order valence-corrected chi connectivity index (χ3v) is 3.39. The van der Waals surface area contributed by atoms with Crippen molar-refractivity contribution in [3.8, 4) is 5.75 Å². The number of hydrogen-bond acceptors (Lipinski definition) is 3. The van der Waals surface area contributed by atoms with Crippen molar-refractivity contribution >= 4 is 11.6 Å². The van der Waals surface area contributed by atoms with Crippen LogP contribution in [0.25, 0.3) is 0 Å². The summed E-state index contributed by atoms with van der Waals surface area (Å²) in [4.78, 5) is 0. The van der Waals surface area contributed by atoms with E-state index in [1.165, 1.54) is 0 Å². The van der Waals surface area contributed by atoms with Crippen molar-refractivity contribution < 1.29 is 9.84 Å². The summed E-state index contributed by atoms with van der Waals surface area (Å²) in [7, 11) is 0. The highest BCUT2D eigenvalue weighted by molar-refractivity contribution is 6.30. The van der Waals surface area contributed by atoms with Gasteiger partial charge in [-0.15, -0.1) is 0 Å². The lowest BCUT2D eigenvalue weighted by atomic mass is 10.1. The molecule has 0 aliphatic heterocycles. The molecular weight excluding hydrogens is 238 g/mol. The van der Waals surface area contributed by atoms with Crippen LogP contribution in [0.15, 0.2) is 18.2 Å². The molecule has 0 aromatic heterocycles. The van der Waals surface area contributed by atoms with Crippen LogP contribution in [0.2, 0.25) is 5.02 Å². The Balaban J connectivity index is 2.19. The number of benzene rings is 1. The van der Waals surface area contributed by atoms with Crippen LogP contribution in [-0.2, 0) is 0 Å². The van der Waals surface area contributed by atoms with Crippen molar-refractivity contribution in [2.45, 2.75) is 44.4 Å². The van der Waals surface area contributed by atoms with Gasteiger partial charge >= 0.3 is 0 Å². The molecule has 1 aromatic carbocycles. The fourth-order valence-electron chi connectivity index (χ4n) is 2.19. The molecule has 2 unspecified atom stereocenters. The second-order valence-corrected chi connectivity index (χ2v) is 5.06. The summed E-state index contributed by atoms with van der Waals surface area (Å²) in [5.41, 5.74) is 6.78. The smallest absolute Gasteiger partial charge is 0.124 e. The van der Waals surface area contributed by atoms with E-state index in [1.807, 2.05) is 19.1 Å². The molecule has 0 saturated heterocycles. The van der Waals surface area contributed by atoms with Crippen molar-refractivity contribution in [3.63, 3.8) is 0 Å². The Kier molecular flexibility index (Phi) is 3.92. The van der Waals surface area contributed by atoms with E-state index in [-0.39, 0.29) is 18.2 Å². The number of rotatable bonds is 3. The maximum Gasteiger partial charge on any atom is 0.124 e. The molecule has 2 rings (SSSR count). The third kappa shape index (κ3) is 2.92. The fraction of sp³-hybridized carbons (Fsp3) is 0.538. The number of hydrogen-bond donors (Lipinski definition) is 2. The van der Waals surface area contributed by atoms with Crippen LogP contribution in [0.5, 0.6) is 5.75 Å². The van der Waals surface area contributed by atoms with Crippen molar-refractivity contribution in [1.82, 2.24) is 0 Å². The van der Waals surface area contributed by atoms with E-state index in [2.05, 4.69) is 0 Å². The first kappa shape index (κ1) is 12.7. The predicted molar refractivity (Wildman–Crippen MR) is 68.3 cm³/mol. The highest BCUT2D eigenvalue weighted by atomic mass is 35.5. The lowest BCUT2D eigenvalue weighted by Gasteiger charge is -2.21. The molecule has 3 atom stereocenters. The van der Waals surface area contributed by atoms with Crippen molar-refractivity contribution in [3.05, 3.63) is 28.8 Å². The molecule has 3 N–H and O–H groups in total. The molecule has 4 heteroatoms. The average Bonchev–Trinajstić information content (AvgIpc) is 2.67. The van der Waals surface area contributed by atoms with Crippen molar-refractivity contribution in [2.75, 3.05) is 0 Å². The van der Waals surface area contributed by atoms with Gasteiger partial charge in [-0.25, -0.2) is 0 Å². The largest absolute Gasteiger partial charge is 0.487 e. The van der Waals surface area contributed by atoms with Crippen LogP contribution < -0.4 is 10.5 Å². The quantitative estimate of drug-likeness (QED) is 0.873. The minimum atomic E-state index is -0.369. The fourth-order valence-corrected chi connectivity index (χ4v) is 2.37. The number of aliphatic hydroxyl groups excluding tert-OH is 1. The minimum absolute atomic E-state index is 0.117. The van der Waals surface area contributed by atoms with E-state index in [4.69, 9.17) is 22.1 Å². The zero-order chi connectivity index (χ0) is 12.4. The maximum absolute atomic E-state index is 9.75. The summed E-state index contributed by atoms with van der Waals surface area (Å²) in [6.07, 6.45) is 2.22. The summed E-state index contributed by atoms with van der Waals surface area (Å²) < 4.78 is 5.85. The predicted octanol–water partition coefficient (Wildman–Crippen LogP) is 2.65. The number of ether oxygens (including phenoxy) is 1. The summed E-state index contributed by atoms with van der Waals surface area (Å²) >= 11 is 5.95. The zero-order valence-electron chi connectivity index (χ0n) is 9.90. The summed E-state index contributed by atoms with van der Waals surface area (Å²) in [5.74, 6) is 0.732. The number of aliphatic hydroxyl groups is 1. The Morgan fingerprint density at radius 2 is 2.24 bits per heavy atom. The van der Waals surface area contributed by atoms with Gasteiger partial charge in [0.2, 0.25) is 0 Å². The van der Waals surface area contributed by atoms with Gasteiger partial charge in [0.15, 0.2) is 0 Å². The standard InChI is InChI=1S/C13H18ClNO2/c1-8(15)10-7-9(14)5-6-12(10)17-13-4-2-3-11(13)16/h5-8,11,13,16H,2-4,15H2,1H3/t8-,11?,13?/m0/s1. The second kappa shape index (κ2) is 5.25. The molecule has 0 spiro atoms. The Morgan fingerprint density at radius 3 is 2.82 bits per heavy atom. The monoisotopic (exact) mass is 255 g/mol. The lowest BCUT2D eigenvalue weighted by molar-refractivity contribution is 0.0596. The topological polar surface area (TPSA) is 55.5 Å². The first-order chi connectivity index (χ1) is 8.08. The average molecular weight is 256 g/mol. The van der Waals surface area contributed by atoms with Crippen LogP contribution in [0.3, 0.4) is 0 Å². The number of nitrogens with two attached hydrogens (primary N) is 1.